The Hall–Kier alpha value is -2.57. The van der Waals surface area contributed by atoms with Gasteiger partial charge in [-0.25, -0.2) is 0 Å². The van der Waals surface area contributed by atoms with Gasteiger partial charge in [0.2, 0.25) is 5.89 Å². The number of benzene rings is 1. The summed E-state index contributed by atoms with van der Waals surface area (Å²) in [4.78, 5) is 15.6. The van der Waals surface area contributed by atoms with Gasteiger partial charge in [0, 0.05) is 31.4 Å². The summed E-state index contributed by atoms with van der Waals surface area (Å²) in [6.45, 7) is 0.565. The fourth-order valence-electron chi connectivity index (χ4n) is 1.65. The maximum atomic E-state index is 11.7. The second-order valence-electron chi connectivity index (χ2n) is 3.90. The Morgan fingerprint density at radius 1 is 1.47 bits per heavy atom. The Balaban J connectivity index is 2.05. The van der Waals surface area contributed by atoms with E-state index in [2.05, 4.69) is 20.8 Å². The van der Waals surface area contributed by atoms with E-state index in [-0.39, 0.29) is 5.91 Å². The van der Waals surface area contributed by atoms with Crippen molar-refractivity contribution in [2.75, 3.05) is 24.6 Å². The van der Waals surface area contributed by atoms with Crippen LogP contribution in [0.3, 0.4) is 0 Å². The summed E-state index contributed by atoms with van der Waals surface area (Å²) in [7, 11) is 1.58. The maximum absolute atomic E-state index is 11.7. The summed E-state index contributed by atoms with van der Waals surface area (Å²) in [6, 6.07) is 5.09. The molecule has 0 bridgehead atoms. The third-order valence-electron chi connectivity index (χ3n) is 2.58. The number of carbonyl (C=O) groups is 1. The van der Waals surface area contributed by atoms with Crippen LogP contribution in [-0.4, -0.2) is 29.6 Å². The number of nitrogens with two attached hydrogens (primary N) is 1. The van der Waals surface area contributed by atoms with Gasteiger partial charge < -0.3 is 20.9 Å². The number of hydrogen-bond donors (Lipinski definition) is 3. The van der Waals surface area contributed by atoms with E-state index in [0.29, 0.717) is 35.8 Å². The van der Waals surface area contributed by atoms with Crippen LogP contribution < -0.4 is 16.4 Å². The van der Waals surface area contributed by atoms with Crippen LogP contribution in [-0.2, 0) is 6.42 Å². The van der Waals surface area contributed by atoms with Crippen molar-refractivity contribution in [2.24, 2.45) is 0 Å². The van der Waals surface area contributed by atoms with Gasteiger partial charge >= 0.3 is 0 Å². The molecular weight excluding hydrogens is 246 g/mol. The molecule has 0 aliphatic heterocycles. The largest absolute Gasteiger partial charge is 0.399 e. The third-order valence-corrected chi connectivity index (χ3v) is 2.58. The van der Waals surface area contributed by atoms with Gasteiger partial charge in [-0.1, -0.05) is 5.16 Å². The van der Waals surface area contributed by atoms with E-state index >= 15 is 0 Å². The van der Waals surface area contributed by atoms with Crippen LogP contribution in [0.1, 0.15) is 16.2 Å². The molecule has 1 aromatic heterocycles. The molecule has 2 aromatic rings. The molecule has 100 valence electrons. The summed E-state index contributed by atoms with van der Waals surface area (Å²) in [6.07, 6.45) is 1.92. The quantitative estimate of drug-likeness (QED) is 0.683. The summed E-state index contributed by atoms with van der Waals surface area (Å²) in [5.41, 5.74) is 7.54. The summed E-state index contributed by atoms with van der Waals surface area (Å²) in [5, 5.41) is 9.25. The highest BCUT2D eigenvalue weighted by Gasteiger charge is 2.10. The molecule has 0 atom stereocenters. The first-order valence-electron chi connectivity index (χ1n) is 5.81. The molecule has 1 heterocycles. The van der Waals surface area contributed by atoms with Crippen LogP contribution >= 0.6 is 0 Å². The zero-order valence-electron chi connectivity index (χ0n) is 10.5. The van der Waals surface area contributed by atoms with E-state index in [1.165, 1.54) is 6.33 Å². The van der Waals surface area contributed by atoms with Crippen molar-refractivity contribution in [3.05, 3.63) is 36.0 Å². The maximum Gasteiger partial charge on any atom is 0.253 e. The van der Waals surface area contributed by atoms with Crippen LogP contribution in [0.5, 0.6) is 0 Å². The second-order valence-corrected chi connectivity index (χ2v) is 3.90. The molecule has 0 aliphatic carbocycles. The summed E-state index contributed by atoms with van der Waals surface area (Å²) in [5.74, 6) is 0.373. The van der Waals surface area contributed by atoms with Gasteiger partial charge in [-0.3, -0.25) is 4.79 Å². The molecule has 0 radical (unpaired) electrons. The molecule has 0 saturated carbocycles. The van der Waals surface area contributed by atoms with Crippen molar-refractivity contribution in [1.29, 1.82) is 0 Å². The monoisotopic (exact) mass is 261 g/mol. The number of amides is 1. The van der Waals surface area contributed by atoms with Crippen molar-refractivity contribution in [1.82, 2.24) is 15.5 Å². The Labute approximate surface area is 110 Å². The fraction of sp³-hybridized carbons (Fsp3) is 0.250. The number of nitrogen functional groups attached to an aromatic ring is 1. The SMILES string of the molecule is CNC(=O)c1ccc(N)cc1NCCc1ncno1. The first-order valence-corrected chi connectivity index (χ1v) is 5.81. The van der Waals surface area contributed by atoms with Gasteiger partial charge in [-0.05, 0) is 18.2 Å². The minimum Gasteiger partial charge on any atom is -0.399 e. The minimum atomic E-state index is -0.166. The van der Waals surface area contributed by atoms with E-state index in [4.69, 9.17) is 10.3 Å². The number of hydrogen-bond acceptors (Lipinski definition) is 6. The third kappa shape index (κ3) is 3.21. The van der Waals surface area contributed by atoms with E-state index in [1.807, 2.05) is 0 Å². The molecule has 0 aliphatic rings. The van der Waals surface area contributed by atoms with Crippen LogP contribution in [0.4, 0.5) is 11.4 Å². The summed E-state index contributed by atoms with van der Waals surface area (Å²) < 4.78 is 4.89. The normalized spacial score (nSPS) is 10.2. The Kier molecular flexibility index (Phi) is 3.97. The number of carbonyl (C=O) groups excluding carboxylic acids is 1. The zero-order valence-corrected chi connectivity index (χ0v) is 10.5. The zero-order chi connectivity index (χ0) is 13.7. The number of rotatable bonds is 5. The van der Waals surface area contributed by atoms with Crippen LogP contribution in [0.2, 0.25) is 0 Å². The van der Waals surface area contributed by atoms with Crippen LogP contribution in [0.15, 0.2) is 29.0 Å². The second kappa shape index (κ2) is 5.85. The molecule has 7 heteroatoms. The highest BCUT2D eigenvalue weighted by atomic mass is 16.5. The molecule has 0 spiro atoms. The molecule has 0 fully saturated rings. The molecule has 7 nitrogen and oxygen atoms in total. The lowest BCUT2D eigenvalue weighted by atomic mass is 10.1. The number of nitrogens with one attached hydrogen (secondary N) is 2. The molecule has 2 rings (SSSR count). The molecule has 0 unspecified atom stereocenters. The molecule has 1 amide bonds. The van der Waals surface area contributed by atoms with E-state index < -0.39 is 0 Å². The van der Waals surface area contributed by atoms with Crippen molar-refractivity contribution in [2.45, 2.75) is 6.42 Å². The van der Waals surface area contributed by atoms with E-state index in [1.54, 1.807) is 25.2 Å². The van der Waals surface area contributed by atoms with Crippen LogP contribution in [0, 0.1) is 0 Å². The standard InChI is InChI=1S/C12H15N5O2/c1-14-12(18)9-3-2-8(13)6-10(9)15-5-4-11-16-7-17-19-11/h2-3,6-7,15H,4-5,13H2,1H3,(H,14,18). The molecule has 0 saturated heterocycles. The predicted octanol–water partition coefficient (Wildman–Crippen LogP) is 0.666. The lowest BCUT2D eigenvalue weighted by Gasteiger charge is -2.11. The molecular formula is C12H15N5O2. The van der Waals surface area contributed by atoms with Crippen molar-refractivity contribution in [3.63, 3.8) is 0 Å². The van der Waals surface area contributed by atoms with Crippen molar-refractivity contribution in [3.8, 4) is 0 Å². The van der Waals surface area contributed by atoms with Gasteiger partial charge in [0.05, 0.1) is 5.56 Å². The lowest BCUT2D eigenvalue weighted by molar-refractivity contribution is 0.0964. The van der Waals surface area contributed by atoms with Gasteiger partial charge in [-0.15, -0.1) is 0 Å². The Morgan fingerprint density at radius 2 is 2.32 bits per heavy atom. The minimum absolute atomic E-state index is 0.166. The highest BCUT2D eigenvalue weighted by Crippen LogP contribution is 2.19. The Bertz CT molecular complexity index is 553. The first-order chi connectivity index (χ1) is 9.20. The molecule has 19 heavy (non-hydrogen) atoms. The first kappa shape index (κ1) is 12.9. The van der Waals surface area contributed by atoms with E-state index in [9.17, 15) is 4.79 Å². The topological polar surface area (TPSA) is 106 Å². The van der Waals surface area contributed by atoms with E-state index in [0.717, 1.165) is 0 Å². The fourth-order valence-corrected chi connectivity index (χ4v) is 1.65. The molecule has 4 N–H and O–H groups in total. The predicted molar refractivity (Wildman–Crippen MR) is 70.7 cm³/mol. The van der Waals surface area contributed by atoms with Gasteiger partial charge in [-0.2, -0.15) is 4.98 Å². The van der Waals surface area contributed by atoms with Gasteiger partial charge in [0.1, 0.15) is 0 Å². The number of nitrogens with zero attached hydrogens (tertiary/aromatic N) is 2. The summed E-state index contributed by atoms with van der Waals surface area (Å²) >= 11 is 0. The highest BCUT2D eigenvalue weighted by molar-refractivity contribution is 6.00. The molecule has 1 aromatic carbocycles. The van der Waals surface area contributed by atoms with Crippen molar-refractivity contribution < 1.29 is 9.32 Å². The van der Waals surface area contributed by atoms with Gasteiger partial charge in [0.15, 0.2) is 6.33 Å². The number of anilines is 2. The average molecular weight is 261 g/mol. The van der Waals surface area contributed by atoms with Crippen molar-refractivity contribution >= 4 is 17.3 Å². The lowest BCUT2D eigenvalue weighted by Crippen LogP contribution is -2.20. The van der Waals surface area contributed by atoms with Gasteiger partial charge in [0.25, 0.3) is 5.91 Å². The smallest absolute Gasteiger partial charge is 0.253 e. The number of aromatic nitrogens is 2. The average Bonchev–Trinajstić information content (AvgIpc) is 2.91. The Morgan fingerprint density at radius 3 is 3.00 bits per heavy atom. The van der Waals surface area contributed by atoms with Crippen LogP contribution in [0.25, 0.3) is 0 Å².